The quantitative estimate of drug-likeness (QED) is 0.833. The molecule has 1 heterocycles. The zero-order valence-corrected chi connectivity index (χ0v) is 13.8. The molecule has 5 nitrogen and oxygen atoms in total. The number of carbonyl (C=O) groups is 1. The van der Waals surface area contributed by atoms with Crippen LogP contribution in [0.25, 0.3) is 6.08 Å². The number of aliphatic imine (C=N–C) groups is 1. The van der Waals surface area contributed by atoms with Crippen molar-refractivity contribution in [2.24, 2.45) is 4.99 Å². The Kier molecular flexibility index (Phi) is 4.86. The van der Waals surface area contributed by atoms with Gasteiger partial charge in [0.1, 0.15) is 0 Å². The van der Waals surface area contributed by atoms with Gasteiger partial charge in [-0.25, -0.2) is 4.99 Å². The SMILES string of the molecule is CCOc1cc(/C=C2/SC(=Nc3ccccc3)NC2=O)ccc1O. The van der Waals surface area contributed by atoms with Gasteiger partial charge in [-0.1, -0.05) is 24.3 Å². The van der Waals surface area contributed by atoms with Crippen LogP contribution in [0, 0.1) is 0 Å². The third-order valence-corrected chi connectivity index (χ3v) is 4.13. The molecule has 0 bridgehead atoms. The van der Waals surface area contributed by atoms with Gasteiger partial charge in [0.25, 0.3) is 5.91 Å². The Morgan fingerprint density at radius 2 is 2.04 bits per heavy atom. The van der Waals surface area contributed by atoms with Gasteiger partial charge in [0.2, 0.25) is 0 Å². The molecule has 122 valence electrons. The van der Waals surface area contributed by atoms with Crippen molar-refractivity contribution < 1.29 is 14.6 Å². The second-order valence-corrected chi connectivity index (χ2v) is 6.01. The lowest BCUT2D eigenvalue weighted by Crippen LogP contribution is -2.19. The smallest absolute Gasteiger partial charge is 0.264 e. The molecule has 0 saturated carbocycles. The number of thioether (sulfide) groups is 1. The molecule has 0 radical (unpaired) electrons. The minimum absolute atomic E-state index is 0.0776. The predicted molar refractivity (Wildman–Crippen MR) is 96.5 cm³/mol. The highest BCUT2D eigenvalue weighted by Crippen LogP contribution is 2.31. The van der Waals surface area contributed by atoms with Gasteiger partial charge in [0, 0.05) is 0 Å². The molecule has 1 aliphatic rings. The highest BCUT2D eigenvalue weighted by atomic mass is 32.2. The number of aromatic hydroxyl groups is 1. The molecule has 1 saturated heterocycles. The first kappa shape index (κ1) is 16.1. The molecule has 3 rings (SSSR count). The average molecular weight is 340 g/mol. The summed E-state index contributed by atoms with van der Waals surface area (Å²) in [5.74, 6) is 0.281. The Morgan fingerprint density at radius 3 is 2.79 bits per heavy atom. The summed E-state index contributed by atoms with van der Waals surface area (Å²) in [5, 5.41) is 13.0. The predicted octanol–water partition coefficient (Wildman–Crippen LogP) is 3.68. The third kappa shape index (κ3) is 3.78. The van der Waals surface area contributed by atoms with Crippen LogP contribution in [-0.4, -0.2) is 22.8 Å². The van der Waals surface area contributed by atoms with Crippen LogP contribution in [0.4, 0.5) is 5.69 Å². The van der Waals surface area contributed by atoms with Crippen molar-refractivity contribution in [2.75, 3.05) is 6.61 Å². The number of rotatable bonds is 4. The van der Waals surface area contributed by atoms with E-state index in [0.717, 1.165) is 11.3 Å². The summed E-state index contributed by atoms with van der Waals surface area (Å²) in [6.45, 7) is 2.30. The van der Waals surface area contributed by atoms with Gasteiger partial charge < -0.3 is 15.2 Å². The van der Waals surface area contributed by atoms with Gasteiger partial charge in [0.05, 0.1) is 17.2 Å². The van der Waals surface area contributed by atoms with E-state index >= 15 is 0 Å². The van der Waals surface area contributed by atoms with Crippen LogP contribution >= 0.6 is 11.8 Å². The number of carbonyl (C=O) groups excluding carboxylic acids is 1. The zero-order valence-electron chi connectivity index (χ0n) is 13.0. The van der Waals surface area contributed by atoms with Gasteiger partial charge in [0.15, 0.2) is 16.7 Å². The first-order valence-corrected chi connectivity index (χ1v) is 8.28. The first-order chi connectivity index (χ1) is 11.7. The standard InChI is InChI=1S/C18H16N2O3S/c1-2-23-15-10-12(8-9-14(15)21)11-16-17(22)20-18(24-16)19-13-6-4-3-5-7-13/h3-11,21H,2H2,1H3,(H,19,20,22)/b16-11+. The molecule has 24 heavy (non-hydrogen) atoms. The minimum Gasteiger partial charge on any atom is -0.504 e. The Bertz CT molecular complexity index is 816. The summed E-state index contributed by atoms with van der Waals surface area (Å²) in [6, 6.07) is 14.4. The number of ether oxygens (including phenoxy) is 1. The van der Waals surface area contributed by atoms with Gasteiger partial charge in [-0.05, 0) is 54.6 Å². The lowest BCUT2D eigenvalue weighted by molar-refractivity contribution is -0.115. The molecular weight excluding hydrogens is 324 g/mol. The summed E-state index contributed by atoms with van der Waals surface area (Å²) < 4.78 is 5.36. The Labute approximate surface area is 144 Å². The van der Waals surface area contributed by atoms with E-state index in [2.05, 4.69) is 10.3 Å². The number of amidine groups is 1. The summed E-state index contributed by atoms with van der Waals surface area (Å²) in [7, 11) is 0. The van der Waals surface area contributed by atoms with Crippen molar-refractivity contribution in [1.29, 1.82) is 0 Å². The van der Waals surface area contributed by atoms with Crippen LogP contribution in [0.5, 0.6) is 11.5 Å². The van der Waals surface area contributed by atoms with E-state index in [1.807, 2.05) is 37.3 Å². The van der Waals surface area contributed by atoms with Crippen LogP contribution in [0.15, 0.2) is 58.4 Å². The van der Waals surface area contributed by atoms with Gasteiger partial charge in [-0.15, -0.1) is 0 Å². The normalized spacial score (nSPS) is 17.3. The van der Waals surface area contributed by atoms with Gasteiger partial charge in [-0.3, -0.25) is 4.79 Å². The van der Waals surface area contributed by atoms with E-state index in [4.69, 9.17) is 4.74 Å². The lowest BCUT2D eigenvalue weighted by atomic mass is 10.2. The maximum Gasteiger partial charge on any atom is 0.264 e. The third-order valence-electron chi connectivity index (χ3n) is 3.22. The highest BCUT2D eigenvalue weighted by molar-refractivity contribution is 8.18. The van der Waals surface area contributed by atoms with Crippen LogP contribution in [0.3, 0.4) is 0 Å². The number of benzene rings is 2. The molecule has 0 aromatic heterocycles. The number of phenols is 1. The fourth-order valence-corrected chi connectivity index (χ4v) is 2.99. The summed E-state index contributed by atoms with van der Waals surface area (Å²) in [4.78, 5) is 17.0. The van der Waals surface area contributed by atoms with E-state index in [1.165, 1.54) is 11.8 Å². The number of nitrogens with one attached hydrogen (secondary N) is 1. The van der Waals surface area contributed by atoms with Crippen molar-refractivity contribution in [1.82, 2.24) is 5.32 Å². The molecular formula is C18H16N2O3S. The van der Waals surface area contributed by atoms with E-state index in [9.17, 15) is 9.90 Å². The van der Waals surface area contributed by atoms with Gasteiger partial charge in [-0.2, -0.15) is 0 Å². The zero-order chi connectivity index (χ0) is 16.9. The Hall–Kier alpha value is -2.73. The molecule has 1 fully saturated rings. The molecule has 0 atom stereocenters. The molecule has 1 amide bonds. The fourth-order valence-electron chi connectivity index (χ4n) is 2.14. The number of para-hydroxylation sites is 1. The molecule has 2 aromatic carbocycles. The van der Waals surface area contributed by atoms with E-state index in [-0.39, 0.29) is 11.7 Å². The molecule has 0 aliphatic carbocycles. The lowest BCUT2D eigenvalue weighted by Gasteiger charge is -2.06. The van der Waals surface area contributed by atoms with Crippen molar-refractivity contribution in [3.63, 3.8) is 0 Å². The molecule has 0 unspecified atom stereocenters. The number of amides is 1. The minimum atomic E-state index is -0.194. The van der Waals surface area contributed by atoms with E-state index in [1.54, 1.807) is 24.3 Å². The summed E-state index contributed by atoms with van der Waals surface area (Å²) in [6.07, 6.45) is 1.75. The van der Waals surface area contributed by atoms with Crippen LogP contribution < -0.4 is 10.1 Å². The molecule has 2 aromatic rings. The van der Waals surface area contributed by atoms with Crippen molar-refractivity contribution in [3.05, 3.63) is 59.0 Å². The Morgan fingerprint density at radius 1 is 1.25 bits per heavy atom. The highest BCUT2D eigenvalue weighted by Gasteiger charge is 2.23. The topological polar surface area (TPSA) is 70.9 Å². The molecule has 2 N–H and O–H groups in total. The summed E-state index contributed by atoms with van der Waals surface area (Å²) >= 11 is 1.28. The maximum absolute atomic E-state index is 12.1. The number of nitrogens with zero attached hydrogens (tertiary/aromatic N) is 1. The fraction of sp³-hybridized carbons (Fsp3) is 0.111. The van der Waals surface area contributed by atoms with Gasteiger partial charge >= 0.3 is 0 Å². The number of hydrogen-bond acceptors (Lipinski definition) is 5. The average Bonchev–Trinajstić information content (AvgIpc) is 2.91. The number of hydrogen-bond donors (Lipinski definition) is 2. The molecule has 1 aliphatic heterocycles. The van der Waals surface area contributed by atoms with Crippen molar-refractivity contribution in [3.8, 4) is 11.5 Å². The first-order valence-electron chi connectivity index (χ1n) is 7.46. The summed E-state index contributed by atoms with van der Waals surface area (Å²) in [5.41, 5.74) is 1.56. The van der Waals surface area contributed by atoms with Crippen LogP contribution in [0.2, 0.25) is 0 Å². The second kappa shape index (κ2) is 7.23. The second-order valence-electron chi connectivity index (χ2n) is 4.98. The molecule has 6 heteroatoms. The van der Waals surface area contributed by atoms with Crippen molar-refractivity contribution in [2.45, 2.75) is 6.92 Å². The van der Waals surface area contributed by atoms with Crippen LogP contribution in [-0.2, 0) is 4.79 Å². The maximum atomic E-state index is 12.1. The van der Waals surface area contributed by atoms with E-state index in [0.29, 0.717) is 22.4 Å². The number of phenolic OH excluding ortho intramolecular Hbond substituents is 1. The Balaban J connectivity index is 1.82. The van der Waals surface area contributed by atoms with Crippen molar-refractivity contribution >= 4 is 34.6 Å². The van der Waals surface area contributed by atoms with E-state index < -0.39 is 0 Å². The van der Waals surface area contributed by atoms with Crippen LogP contribution in [0.1, 0.15) is 12.5 Å². The monoisotopic (exact) mass is 340 g/mol. The molecule has 0 spiro atoms. The largest absolute Gasteiger partial charge is 0.504 e.